The molecule has 2 aromatic rings. The van der Waals surface area contributed by atoms with E-state index in [1.165, 1.54) is 22.7 Å². The summed E-state index contributed by atoms with van der Waals surface area (Å²) in [4.78, 5) is 6.28. The van der Waals surface area contributed by atoms with Crippen molar-refractivity contribution in [3.63, 3.8) is 0 Å². The number of aryl methyl sites for hydroxylation is 1. The molecule has 2 heterocycles. The lowest BCUT2D eigenvalue weighted by molar-refractivity contribution is 0.581. The van der Waals surface area contributed by atoms with E-state index in [2.05, 4.69) is 9.71 Å². The third kappa shape index (κ3) is 3.15. The van der Waals surface area contributed by atoms with Crippen molar-refractivity contribution in [3.8, 4) is 0 Å². The van der Waals surface area contributed by atoms with Gasteiger partial charge in [0.1, 0.15) is 5.01 Å². The number of aromatic nitrogens is 1. The minimum atomic E-state index is -3.47. The minimum Gasteiger partial charge on any atom is -0.326 e. The van der Waals surface area contributed by atoms with Gasteiger partial charge in [0.2, 0.25) is 10.0 Å². The van der Waals surface area contributed by atoms with Gasteiger partial charge in [0.05, 0.1) is 11.4 Å². The molecule has 18 heavy (non-hydrogen) atoms. The van der Waals surface area contributed by atoms with E-state index in [1.54, 1.807) is 17.6 Å². The van der Waals surface area contributed by atoms with Crippen molar-refractivity contribution < 1.29 is 8.42 Å². The van der Waals surface area contributed by atoms with Gasteiger partial charge in [0.25, 0.3) is 0 Å². The molecule has 2 rings (SSSR count). The molecule has 0 amide bonds. The van der Waals surface area contributed by atoms with Crippen molar-refractivity contribution in [1.29, 1.82) is 0 Å². The van der Waals surface area contributed by atoms with Gasteiger partial charge >= 0.3 is 0 Å². The number of hydrogen-bond donors (Lipinski definition) is 2. The summed E-state index contributed by atoms with van der Waals surface area (Å²) in [7, 11) is -3.47. The van der Waals surface area contributed by atoms with E-state index in [1.807, 2.05) is 6.92 Å². The van der Waals surface area contributed by atoms with Crippen molar-refractivity contribution in [2.24, 2.45) is 5.73 Å². The first-order chi connectivity index (χ1) is 8.51. The van der Waals surface area contributed by atoms with Crippen LogP contribution < -0.4 is 10.5 Å². The van der Waals surface area contributed by atoms with Crippen LogP contribution in [0.5, 0.6) is 0 Å². The minimum absolute atomic E-state index is 0.217. The SMILES string of the molecule is Cc1cnc(CNS(=O)(=O)c2csc(CN)c2)s1. The van der Waals surface area contributed by atoms with Gasteiger partial charge in [-0.15, -0.1) is 22.7 Å². The zero-order valence-corrected chi connectivity index (χ0v) is 12.2. The Bertz CT molecular complexity index is 630. The highest BCUT2D eigenvalue weighted by Gasteiger charge is 2.16. The summed E-state index contributed by atoms with van der Waals surface area (Å²) in [5.41, 5.74) is 5.46. The Morgan fingerprint density at radius 3 is 2.83 bits per heavy atom. The fourth-order valence-electron chi connectivity index (χ4n) is 1.33. The van der Waals surface area contributed by atoms with E-state index in [-0.39, 0.29) is 11.4 Å². The molecule has 0 spiro atoms. The molecule has 0 aliphatic heterocycles. The summed E-state index contributed by atoms with van der Waals surface area (Å²) >= 11 is 2.82. The maximum atomic E-state index is 12.0. The molecule has 0 saturated carbocycles. The van der Waals surface area contributed by atoms with Gasteiger partial charge < -0.3 is 5.73 Å². The number of hydrogen-bond acceptors (Lipinski definition) is 6. The average Bonchev–Trinajstić information content (AvgIpc) is 2.95. The summed E-state index contributed by atoms with van der Waals surface area (Å²) in [5, 5.41) is 2.35. The first-order valence-electron chi connectivity index (χ1n) is 5.20. The van der Waals surface area contributed by atoms with Crippen molar-refractivity contribution in [2.45, 2.75) is 24.9 Å². The highest BCUT2D eigenvalue weighted by molar-refractivity contribution is 7.89. The lowest BCUT2D eigenvalue weighted by Gasteiger charge is -2.02. The van der Waals surface area contributed by atoms with Crippen LogP contribution in [0.1, 0.15) is 14.8 Å². The number of nitrogens with one attached hydrogen (secondary N) is 1. The molecule has 0 unspecified atom stereocenters. The molecule has 5 nitrogen and oxygen atoms in total. The summed E-state index contributed by atoms with van der Waals surface area (Å²) in [6.45, 7) is 2.50. The van der Waals surface area contributed by atoms with Crippen molar-refractivity contribution in [3.05, 3.63) is 32.4 Å². The van der Waals surface area contributed by atoms with Crippen LogP contribution in [0.15, 0.2) is 22.5 Å². The fourth-order valence-corrected chi connectivity index (χ4v) is 4.29. The molecule has 0 saturated heterocycles. The standard InChI is InChI=1S/C10H13N3O2S3/c1-7-4-12-10(17-7)5-13-18(14,15)9-2-8(3-11)16-6-9/h2,4,6,13H,3,5,11H2,1H3. The highest BCUT2D eigenvalue weighted by Crippen LogP contribution is 2.19. The van der Waals surface area contributed by atoms with Gasteiger partial charge in [0.15, 0.2) is 0 Å². The zero-order valence-electron chi connectivity index (χ0n) is 9.71. The monoisotopic (exact) mass is 303 g/mol. The van der Waals surface area contributed by atoms with E-state index < -0.39 is 10.0 Å². The van der Waals surface area contributed by atoms with Crippen LogP contribution in [0.25, 0.3) is 0 Å². The van der Waals surface area contributed by atoms with Crippen LogP contribution in [-0.4, -0.2) is 13.4 Å². The molecule has 0 radical (unpaired) electrons. The Hall–Kier alpha value is -0.800. The topological polar surface area (TPSA) is 85.1 Å². The molecular formula is C10H13N3O2S3. The molecule has 0 atom stereocenters. The second-order valence-corrected chi connectivity index (χ2v) is 7.72. The fraction of sp³-hybridized carbons (Fsp3) is 0.300. The Kier molecular flexibility index (Phi) is 4.13. The van der Waals surface area contributed by atoms with Crippen LogP contribution in [0.2, 0.25) is 0 Å². The van der Waals surface area contributed by atoms with Crippen LogP contribution in [0.4, 0.5) is 0 Å². The molecule has 8 heteroatoms. The molecule has 0 aliphatic rings. The molecule has 3 N–H and O–H groups in total. The van der Waals surface area contributed by atoms with E-state index in [9.17, 15) is 8.42 Å². The van der Waals surface area contributed by atoms with E-state index >= 15 is 0 Å². The normalized spacial score (nSPS) is 11.9. The maximum absolute atomic E-state index is 12.0. The molecule has 98 valence electrons. The first kappa shape index (κ1) is 13.6. The number of sulfonamides is 1. The van der Waals surface area contributed by atoms with Gasteiger partial charge in [-0.2, -0.15) is 0 Å². The Morgan fingerprint density at radius 1 is 1.50 bits per heavy atom. The van der Waals surface area contributed by atoms with E-state index in [0.29, 0.717) is 6.54 Å². The Labute approximate surface area is 114 Å². The summed E-state index contributed by atoms with van der Waals surface area (Å²) in [6, 6.07) is 1.60. The predicted molar refractivity (Wildman–Crippen MR) is 73.1 cm³/mol. The van der Waals surface area contributed by atoms with Gasteiger partial charge in [-0.3, -0.25) is 0 Å². The third-order valence-corrected chi connectivity index (χ3v) is 5.63. The largest absolute Gasteiger partial charge is 0.326 e. The summed E-state index contributed by atoms with van der Waals surface area (Å²) in [6.07, 6.45) is 1.73. The van der Waals surface area contributed by atoms with Crippen molar-refractivity contribution >= 4 is 32.7 Å². The highest BCUT2D eigenvalue weighted by atomic mass is 32.2. The van der Waals surface area contributed by atoms with Gasteiger partial charge in [0, 0.05) is 27.9 Å². The molecule has 0 aliphatic carbocycles. The van der Waals surface area contributed by atoms with Crippen LogP contribution >= 0.6 is 22.7 Å². The van der Waals surface area contributed by atoms with E-state index in [4.69, 9.17) is 5.73 Å². The maximum Gasteiger partial charge on any atom is 0.241 e. The number of rotatable bonds is 5. The smallest absolute Gasteiger partial charge is 0.241 e. The lowest BCUT2D eigenvalue weighted by Crippen LogP contribution is -2.22. The lowest BCUT2D eigenvalue weighted by atomic mass is 10.5. The second-order valence-electron chi connectivity index (χ2n) is 3.64. The van der Waals surface area contributed by atoms with Gasteiger partial charge in [-0.25, -0.2) is 18.1 Å². The van der Waals surface area contributed by atoms with Gasteiger partial charge in [-0.1, -0.05) is 0 Å². The second kappa shape index (κ2) is 5.45. The van der Waals surface area contributed by atoms with Crippen molar-refractivity contribution in [1.82, 2.24) is 9.71 Å². The van der Waals surface area contributed by atoms with E-state index in [0.717, 1.165) is 14.8 Å². The zero-order chi connectivity index (χ0) is 13.2. The summed E-state index contributed by atoms with van der Waals surface area (Å²) in [5.74, 6) is 0. The average molecular weight is 303 g/mol. The Balaban J connectivity index is 2.07. The molecule has 2 aromatic heterocycles. The van der Waals surface area contributed by atoms with Crippen molar-refractivity contribution in [2.75, 3.05) is 0 Å². The quantitative estimate of drug-likeness (QED) is 0.875. The molecular weight excluding hydrogens is 290 g/mol. The number of nitrogens with zero attached hydrogens (tertiary/aromatic N) is 1. The number of thiophene rings is 1. The molecule has 0 bridgehead atoms. The predicted octanol–water partition coefficient (Wildman–Crippen LogP) is 1.45. The first-order valence-corrected chi connectivity index (χ1v) is 8.37. The molecule has 0 aromatic carbocycles. The third-order valence-electron chi connectivity index (χ3n) is 2.22. The summed E-state index contributed by atoms with van der Waals surface area (Å²) < 4.78 is 26.5. The van der Waals surface area contributed by atoms with Crippen LogP contribution in [0.3, 0.4) is 0 Å². The number of thiazole rings is 1. The van der Waals surface area contributed by atoms with Gasteiger partial charge in [-0.05, 0) is 13.0 Å². The van der Waals surface area contributed by atoms with Crippen LogP contribution in [0, 0.1) is 6.92 Å². The number of nitrogens with two attached hydrogens (primary N) is 1. The van der Waals surface area contributed by atoms with Crippen LogP contribution in [-0.2, 0) is 23.1 Å². The Morgan fingerprint density at radius 2 is 2.28 bits per heavy atom. The molecule has 0 fully saturated rings.